The highest BCUT2D eigenvalue weighted by Crippen LogP contribution is 2.14. The number of rotatable bonds is 5. The van der Waals surface area contributed by atoms with E-state index in [9.17, 15) is 4.79 Å². The zero-order valence-electron chi connectivity index (χ0n) is 13.5. The fraction of sp³-hybridized carbons (Fsp3) is 0.933. The molecule has 1 amide bonds. The molecule has 4 nitrogen and oxygen atoms in total. The third kappa shape index (κ3) is 4.77. The van der Waals surface area contributed by atoms with Crippen molar-refractivity contribution >= 4 is 5.91 Å². The molecule has 0 aromatic heterocycles. The van der Waals surface area contributed by atoms with Crippen LogP contribution in [0.5, 0.6) is 0 Å². The van der Waals surface area contributed by atoms with Crippen LogP contribution in [0.4, 0.5) is 0 Å². The van der Waals surface area contributed by atoms with Crippen molar-refractivity contribution in [2.45, 2.75) is 46.2 Å². The molecule has 19 heavy (non-hydrogen) atoms. The van der Waals surface area contributed by atoms with E-state index in [4.69, 9.17) is 0 Å². The molecular weight excluding hydrogens is 238 g/mol. The normalized spacial score (nSPS) is 19.5. The molecule has 0 radical (unpaired) electrons. The summed E-state index contributed by atoms with van der Waals surface area (Å²) in [6.07, 6.45) is 0.941. The fourth-order valence-electron chi connectivity index (χ4n) is 2.65. The van der Waals surface area contributed by atoms with Gasteiger partial charge < -0.3 is 4.90 Å². The molecule has 0 N–H and O–H groups in total. The van der Waals surface area contributed by atoms with E-state index in [1.807, 2.05) is 19.0 Å². The third-order valence-electron chi connectivity index (χ3n) is 3.96. The summed E-state index contributed by atoms with van der Waals surface area (Å²) in [7, 11) is 4.02. The van der Waals surface area contributed by atoms with Gasteiger partial charge >= 0.3 is 0 Å². The van der Waals surface area contributed by atoms with Crippen LogP contribution in [-0.4, -0.2) is 73.0 Å². The molecule has 0 spiro atoms. The smallest absolute Gasteiger partial charge is 0.240 e. The van der Waals surface area contributed by atoms with Crippen molar-refractivity contribution < 1.29 is 4.79 Å². The predicted octanol–water partition coefficient (Wildman–Crippen LogP) is 1.52. The van der Waals surface area contributed by atoms with Crippen molar-refractivity contribution in [3.8, 4) is 0 Å². The monoisotopic (exact) mass is 269 g/mol. The van der Waals surface area contributed by atoms with Gasteiger partial charge in [0.1, 0.15) is 0 Å². The molecule has 1 rings (SSSR count). The second kappa shape index (κ2) is 7.25. The number of likely N-dealkylation sites (N-methyl/N-ethyl adjacent to an activating group) is 1. The van der Waals surface area contributed by atoms with Crippen LogP contribution < -0.4 is 0 Å². The fourth-order valence-corrected chi connectivity index (χ4v) is 2.65. The molecule has 4 heteroatoms. The summed E-state index contributed by atoms with van der Waals surface area (Å²) in [6, 6.07) is 0.614. The minimum atomic E-state index is 0.0330. The molecule has 0 aliphatic carbocycles. The van der Waals surface area contributed by atoms with E-state index >= 15 is 0 Å². The maximum atomic E-state index is 12.6. The van der Waals surface area contributed by atoms with E-state index in [1.54, 1.807) is 0 Å². The zero-order valence-corrected chi connectivity index (χ0v) is 13.5. The van der Waals surface area contributed by atoms with Crippen molar-refractivity contribution in [1.82, 2.24) is 14.7 Å². The maximum absolute atomic E-state index is 12.6. The highest BCUT2D eigenvalue weighted by atomic mass is 16.2. The van der Waals surface area contributed by atoms with Crippen molar-refractivity contribution in [1.29, 1.82) is 0 Å². The van der Waals surface area contributed by atoms with E-state index in [2.05, 4.69) is 37.5 Å². The van der Waals surface area contributed by atoms with Crippen LogP contribution in [0.25, 0.3) is 0 Å². The van der Waals surface area contributed by atoms with Crippen molar-refractivity contribution in [3.63, 3.8) is 0 Å². The molecule has 1 saturated heterocycles. The van der Waals surface area contributed by atoms with Gasteiger partial charge in [-0.1, -0.05) is 13.8 Å². The Hall–Kier alpha value is -0.610. The van der Waals surface area contributed by atoms with Crippen molar-refractivity contribution in [2.75, 3.05) is 40.3 Å². The average molecular weight is 269 g/mol. The van der Waals surface area contributed by atoms with Crippen molar-refractivity contribution in [3.05, 3.63) is 0 Å². The molecule has 0 saturated carbocycles. The number of hydrogen-bond acceptors (Lipinski definition) is 3. The molecule has 0 bridgehead atoms. The van der Waals surface area contributed by atoms with E-state index in [0.717, 1.165) is 32.6 Å². The summed E-state index contributed by atoms with van der Waals surface area (Å²) in [5.41, 5.74) is 0. The number of carbonyl (C=O) groups is 1. The molecule has 1 aliphatic rings. The Morgan fingerprint density at radius 1 is 1.05 bits per heavy atom. The molecule has 1 fully saturated rings. The SMILES string of the molecule is CC(C)CC(C(=O)N1CCN(C(C)C)CC1)N(C)C. The lowest BCUT2D eigenvalue weighted by atomic mass is 10.0. The quantitative estimate of drug-likeness (QED) is 0.757. The Bertz CT molecular complexity index is 281. The van der Waals surface area contributed by atoms with Crippen LogP contribution in [0, 0.1) is 5.92 Å². The van der Waals surface area contributed by atoms with Gasteiger partial charge in [-0.2, -0.15) is 0 Å². The summed E-state index contributed by atoms with van der Waals surface area (Å²) < 4.78 is 0. The zero-order chi connectivity index (χ0) is 14.6. The van der Waals surface area contributed by atoms with Crippen molar-refractivity contribution in [2.24, 2.45) is 5.92 Å². The molecular formula is C15H31N3O. The van der Waals surface area contributed by atoms with Gasteiger partial charge in [-0.05, 0) is 40.3 Å². The molecule has 1 heterocycles. The Morgan fingerprint density at radius 3 is 1.95 bits per heavy atom. The molecule has 0 aromatic carbocycles. The number of carbonyl (C=O) groups excluding carboxylic acids is 1. The first-order valence-electron chi connectivity index (χ1n) is 7.52. The summed E-state index contributed by atoms with van der Waals surface area (Å²) in [5.74, 6) is 0.857. The average Bonchev–Trinajstić information content (AvgIpc) is 2.34. The summed E-state index contributed by atoms with van der Waals surface area (Å²) in [6.45, 7) is 12.6. The summed E-state index contributed by atoms with van der Waals surface area (Å²) in [4.78, 5) is 19.2. The largest absolute Gasteiger partial charge is 0.339 e. The number of nitrogens with zero attached hydrogens (tertiary/aromatic N) is 3. The van der Waals surface area contributed by atoms with Gasteiger partial charge in [-0.3, -0.25) is 14.6 Å². The lowest BCUT2D eigenvalue weighted by molar-refractivity contribution is -0.138. The van der Waals surface area contributed by atoms with E-state index < -0.39 is 0 Å². The van der Waals surface area contributed by atoms with Gasteiger partial charge in [-0.15, -0.1) is 0 Å². The van der Waals surface area contributed by atoms with Crippen LogP contribution >= 0.6 is 0 Å². The van der Waals surface area contributed by atoms with Gasteiger partial charge in [0.25, 0.3) is 0 Å². The number of hydrogen-bond donors (Lipinski definition) is 0. The number of piperazine rings is 1. The minimum absolute atomic E-state index is 0.0330. The predicted molar refractivity (Wildman–Crippen MR) is 80.2 cm³/mol. The lowest BCUT2D eigenvalue weighted by Gasteiger charge is -2.39. The van der Waals surface area contributed by atoms with E-state index in [0.29, 0.717) is 17.9 Å². The van der Waals surface area contributed by atoms with E-state index in [1.165, 1.54) is 0 Å². The second-order valence-electron chi connectivity index (χ2n) is 6.56. The molecule has 112 valence electrons. The van der Waals surface area contributed by atoms with Gasteiger partial charge in [0.05, 0.1) is 6.04 Å². The highest BCUT2D eigenvalue weighted by Gasteiger charge is 2.29. The van der Waals surface area contributed by atoms with Crippen LogP contribution in [-0.2, 0) is 4.79 Å². The molecule has 1 aliphatic heterocycles. The van der Waals surface area contributed by atoms with E-state index in [-0.39, 0.29) is 6.04 Å². The summed E-state index contributed by atoms with van der Waals surface area (Å²) >= 11 is 0. The summed E-state index contributed by atoms with van der Waals surface area (Å²) in [5, 5.41) is 0. The minimum Gasteiger partial charge on any atom is -0.339 e. The van der Waals surface area contributed by atoms with Crippen LogP contribution in [0.15, 0.2) is 0 Å². The molecule has 1 unspecified atom stereocenters. The highest BCUT2D eigenvalue weighted by molar-refractivity contribution is 5.82. The van der Waals surface area contributed by atoms with Gasteiger partial charge in [0, 0.05) is 32.2 Å². The maximum Gasteiger partial charge on any atom is 0.240 e. The Kier molecular flexibility index (Phi) is 6.27. The lowest BCUT2D eigenvalue weighted by Crippen LogP contribution is -2.55. The third-order valence-corrected chi connectivity index (χ3v) is 3.96. The Labute approximate surface area is 118 Å². The topological polar surface area (TPSA) is 26.8 Å². The standard InChI is InChI=1S/C15H31N3O/c1-12(2)11-14(16(5)6)15(19)18-9-7-17(8-10-18)13(3)4/h12-14H,7-11H2,1-6H3. The first-order chi connectivity index (χ1) is 8.82. The van der Waals surface area contributed by atoms with Gasteiger partial charge in [0.15, 0.2) is 0 Å². The van der Waals surface area contributed by atoms with Gasteiger partial charge in [0.2, 0.25) is 5.91 Å². The first kappa shape index (κ1) is 16.4. The number of amides is 1. The first-order valence-corrected chi connectivity index (χ1v) is 7.52. The second-order valence-corrected chi connectivity index (χ2v) is 6.56. The Balaban J connectivity index is 2.57. The van der Waals surface area contributed by atoms with Gasteiger partial charge in [-0.25, -0.2) is 0 Å². The van der Waals surface area contributed by atoms with Crippen LogP contribution in [0.3, 0.4) is 0 Å². The molecule has 0 aromatic rings. The van der Waals surface area contributed by atoms with Crippen LogP contribution in [0.2, 0.25) is 0 Å². The molecule has 1 atom stereocenters. The Morgan fingerprint density at radius 2 is 1.58 bits per heavy atom. The van der Waals surface area contributed by atoms with Crippen LogP contribution in [0.1, 0.15) is 34.1 Å².